The monoisotopic (exact) mass is 603 g/mol. The third-order valence-corrected chi connectivity index (χ3v) is 9.93. The summed E-state index contributed by atoms with van der Waals surface area (Å²) in [4.78, 5) is 18.9. The first kappa shape index (κ1) is 27.5. The number of rotatable bonds is 5. The minimum absolute atomic E-state index is 0.401. The number of hydrogen-bond donors (Lipinski definition) is 2. The molecule has 0 radical (unpaired) electrons. The maximum absolute atomic E-state index is 6.46. The van der Waals surface area contributed by atoms with E-state index in [2.05, 4.69) is 50.0 Å². The van der Waals surface area contributed by atoms with E-state index < -0.39 is 0 Å². The van der Waals surface area contributed by atoms with E-state index in [0.717, 1.165) is 64.8 Å². The van der Waals surface area contributed by atoms with Crippen LogP contribution in [0.25, 0.3) is 33.2 Å². The Morgan fingerprint density at radius 2 is 1.60 bits per heavy atom. The number of nitrogens with two attached hydrogens (primary N) is 1. The zero-order chi connectivity index (χ0) is 29.0. The molecule has 218 valence electrons. The Balaban J connectivity index is 1.13. The van der Waals surface area contributed by atoms with Gasteiger partial charge in [0, 0.05) is 62.8 Å². The van der Waals surface area contributed by atoms with Gasteiger partial charge in [-0.1, -0.05) is 35.3 Å². The van der Waals surface area contributed by atoms with Gasteiger partial charge in [0.05, 0.1) is 26.5 Å². The van der Waals surface area contributed by atoms with Gasteiger partial charge >= 0.3 is 0 Å². The number of halogens is 2. The fourth-order valence-electron chi connectivity index (χ4n) is 6.70. The molecule has 3 N–H and O–H groups in total. The number of benzene rings is 2. The van der Waals surface area contributed by atoms with Crippen LogP contribution in [0.4, 0.5) is 17.5 Å². The van der Waals surface area contributed by atoms with E-state index in [1.165, 1.54) is 25.9 Å². The Bertz CT molecular complexity index is 1740. The number of imidazole rings is 1. The maximum atomic E-state index is 6.46. The second-order valence-corrected chi connectivity index (χ2v) is 12.4. The fraction of sp³-hybridized carbons (Fsp3) is 0.387. The highest BCUT2D eigenvalue weighted by Gasteiger charge is 2.30. The minimum atomic E-state index is 0.401. The van der Waals surface area contributed by atoms with Gasteiger partial charge in [-0.3, -0.25) is 4.90 Å². The molecule has 42 heavy (non-hydrogen) atoms. The Kier molecular flexibility index (Phi) is 7.22. The van der Waals surface area contributed by atoms with Gasteiger partial charge < -0.3 is 25.1 Å². The lowest BCUT2D eigenvalue weighted by molar-refractivity contribution is 0.0828. The normalized spacial score (nSPS) is 20.5. The second-order valence-electron chi connectivity index (χ2n) is 11.6. The molecule has 0 bridgehead atoms. The van der Waals surface area contributed by atoms with Crippen molar-refractivity contribution >= 4 is 62.7 Å². The highest BCUT2D eigenvalue weighted by Crippen LogP contribution is 2.39. The molecule has 1 saturated heterocycles. The van der Waals surface area contributed by atoms with Crippen LogP contribution in [0.2, 0.25) is 10.0 Å². The maximum Gasteiger partial charge on any atom is 0.208 e. The van der Waals surface area contributed by atoms with Crippen LogP contribution >= 0.6 is 23.2 Å². The molecule has 9 nitrogen and oxygen atoms in total. The zero-order valence-corrected chi connectivity index (χ0v) is 25.4. The Morgan fingerprint density at radius 3 is 2.33 bits per heavy atom. The van der Waals surface area contributed by atoms with Gasteiger partial charge in [0.25, 0.3) is 0 Å². The number of nitrogens with one attached hydrogen (secondary N) is 1. The molecule has 2 aromatic carbocycles. The van der Waals surface area contributed by atoms with E-state index in [-0.39, 0.29) is 0 Å². The van der Waals surface area contributed by atoms with Crippen molar-refractivity contribution < 1.29 is 0 Å². The van der Waals surface area contributed by atoms with Gasteiger partial charge in [0.15, 0.2) is 0 Å². The number of aromatic nitrogens is 5. The molecule has 11 heteroatoms. The number of piperazine rings is 1. The molecule has 0 atom stereocenters. The average molecular weight is 605 g/mol. The molecule has 1 aliphatic heterocycles. The highest BCUT2D eigenvalue weighted by molar-refractivity contribution is 6.45. The summed E-state index contributed by atoms with van der Waals surface area (Å²) in [5.41, 5.74) is 12.0. The number of aryl methyl sites for hydroxylation is 1. The van der Waals surface area contributed by atoms with Gasteiger partial charge in [-0.05, 0) is 62.6 Å². The number of fused-ring (bicyclic) bond motifs is 2. The van der Waals surface area contributed by atoms with E-state index in [1.54, 1.807) is 12.4 Å². The van der Waals surface area contributed by atoms with Gasteiger partial charge in [0.1, 0.15) is 17.8 Å². The van der Waals surface area contributed by atoms with Crippen LogP contribution in [-0.4, -0.2) is 73.2 Å². The molecule has 0 unspecified atom stereocenters. The first-order valence-corrected chi connectivity index (χ1v) is 15.3. The molecule has 5 aromatic rings. The third kappa shape index (κ3) is 4.88. The topological polar surface area (TPSA) is 93.1 Å². The average Bonchev–Trinajstić information content (AvgIpc) is 3.55. The van der Waals surface area contributed by atoms with Crippen molar-refractivity contribution in [1.29, 1.82) is 0 Å². The van der Waals surface area contributed by atoms with Crippen molar-refractivity contribution in [1.82, 2.24) is 33.9 Å². The Hall–Kier alpha value is -3.37. The summed E-state index contributed by atoms with van der Waals surface area (Å²) in [6, 6.07) is 13.0. The number of anilines is 3. The Labute approximate surface area is 255 Å². The van der Waals surface area contributed by atoms with E-state index in [4.69, 9.17) is 38.9 Å². The van der Waals surface area contributed by atoms with Crippen LogP contribution in [0.15, 0.2) is 48.9 Å². The number of nitrogens with zero attached hydrogens (tertiary/aromatic N) is 7. The lowest BCUT2D eigenvalue weighted by Gasteiger charge is -2.41. The van der Waals surface area contributed by atoms with Crippen LogP contribution in [0.1, 0.15) is 31.7 Å². The predicted molar refractivity (Wildman–Crippen MR) is 172 cm³/mol. The van der Waals surface area contributed by atoms with Crippen molar-refractivity contribution in [2.75, 3.05) is 44.3 Å². The highest BCUT2D eigenvalue weighted by atomic mass is 35.5. The van der Waals surface area contributed by atoms with Crippen molar-refractivity contribution in [3.63, 3.8) is 0 Å². The van der Waals surface area contributed by atoms with Crippen molar-refractivity contribution in [3.05, 3.63) is 59.0 Å². The van der Waals surface area contributed by atoms with Gasteiger partial charge in [0.2, 0.25) is 5.95 Å². The van der Waals surface area contributed by atoms with Crippen LogP contribution in [0, 0.1) is 0 Å². The molecular formula is C31H35Cl2N9. The lowest BCUT2D eigenvalue weighted by Crippen LogP contribution is -2.49. The molecule has 3 aromatic heterocycles. The smallest absolute Gasteiger partial charge is 0.208 e. The van der Waals surface area contributed by atoms with Crippen molar-refractivity contribution in [3.8, 4) is 11.1 Å². The largest absolute Gasteiger partial charge is 0.383 e. The molecule has 7 rings (SSSR count). The first-order valence-electron chi connectivity index (χ1n) is 14.6. The summed E-state index contributed by atoms with van der Waals surface area (Å²) in [5, 5.41) is 5.34. The van der Waals surface area contributed by atoms with Gasteiger partial charge in [-0.2, -0.15) is 0 Å². The van der Waals surface area contributed by atoms with E-state index in [0.29, 0.717) is 33.9 Å². The number of likely N-dealkylation sites (N-methyl/N-ethyl adjacent to an activating group) is 1. The standard InChI is InChI=1S/C31H35Cl2N9/c1-39-13-15-41(16-14-39)21-7-9-22(10-8-21)42-17-23(26-29(34)35-18-36-30(26)42)19-3-5-20(6-4-19)37-31-38-25-12-11-24(32)27(33)28(25)40(31)2/h3-6,11-12,17-18,21-22H,7-10,13-16H2,1-2H3,(H,37,38)(H2,34,35,36). The molecule has 4 heterocycles. The molecule has 1 saturated carbocycles. The Morgan fingerprint density at radius 1 is 0.881 bits per heavy atom. The molecule has 0 amide bonds. The molecule has 2 fully saturated rings. The van der Waals surface area contributed by atoms with E-state index >= 15 is 0 Å². The fourth-order valence-corrected chi connectivity index (χ4v) is 7.14. The first-order chi connectivity index (χ1) is 20.4. The van der Waals surface area contributed by atoms with Crippen LogP contribution in [-0.2, 0) is 7.05 Å². The van der Waals surface area contributed by atoms with E-state index in [9.17, 15) is 0 Å². The lowest BCUT2D eigenvalue weighted by atomic mass is 9.89. The molecule has 0 spiro atoms. The minimum Gasteiger partial charge on any atom is -0.383 e. The summed E-state index contributed by atoms with van der Waals surface area (Å²) in [5.74, 6) is 1.20. The van der Waals surface area contributed by atoms with Crippen LogP contribution in [0.5, 0.6) is 0 Å². The summed E-state index contributed by atoms with van der Waals surface area (Å²) in [7, 11) is 4.14. The number of nitrogen functional groups attached to an aromatic ring is 1. The summed E-state index contributed by atoms with van der Waals surface area (Å²) in [6.07, 6.45) is 8.52. The van der Waals surface area contributed by atoms with Crippen LogP contribution < -0.4 is 11.1 Å². The summed E-state index contributed by atoms with van der Waals surface area (Å²) < 4.78 is 4.27. The van der Waals surface area contributed by atoms with Crippen LogP contribution in [0.3, 0.4) is 0 Å². The molecule has 2 aliphatic rings. The molecular weight excluding hydrogens is 569 g/mol. The third-order valence-electron chi connectivity index (χ3n) is 9.13. The molecule has 1 aliphatic carbocycles. The summed E-state index contributed by atoms with van der Waals surface area (Å²) in [6.45, 7) is 4.68. The van der Waals surface area contributed by atoms with Crippen molar-refractivity contribution in [2.45, 2.75) is 37.8 Å². The van der Waals surface area contributed by atoms with Gasteiger partial charge in [-0.25, -0.2) is 15.0 Å². The number of hydrogen-bond acceptors (Lipinski definition) is 7. The summed E-state index contributed by atoms with van der Waals surface area (Å²) >= 11 is 12.7. The van der Waals surface area contributed by atoms with E-state index in [1.807, 2.05) is 29.8 Å². The second kappa shape index (κ2) is 11.0. The zero-order valence-electron chi connectivity index (χ0n) is 23.9. The SMILES string of the molecule is CN1CCN(C2CCC(n3cc(-c4ccc(Nc5nc6ccc(Cl)c(Cl)c6n5C)cc4)c4c(N)ncnc43)CC2)CC1. The predicted octanol–water partition coefficient (Wildman–Crippen LogP) is 6.35. The van der Waals surface area contributed by atoms with Gasteiger partial charge in [-0.15, -0.1) is 0 Å². The quantitative estimate of drug-likeness (QED) is 0.242. The van der Waals surface area contributed by atoms with Crippen molar-refractivity contribution in [2.24, 2.45) is 7.05 Å².